The molecule has 17 nitrogen and oxygen atoms in total. The van der Waals surface area contributed by atoms with Gasteiger partial charge in [-0.15, -0.1) is 0 Å². The summed E-state index contributed by atoms with van der Waals surface area (Å²) in [6.45, 7) is 6.50. The molecule has 0 aromatic heterocycles. The second kappa shape index (κ2) is 12.6. The van der Waals surface area contributed by atoms with E-state index in [2.05, 4.69) is 0 Å². The van der Waals surface area contributed by atoms with E-state index < -0.39 is 131 Å². The molecule has 1 spiro atoms. The van der Waals surface area contributed by atoms with Gasteiger partial charge in [-0.05, 0) is 50.2 Å². The van der Waals surface area contributed by atoms with Crippen LogP contribution < -0.4 is 0 Å². The zero-order valence-electron chi connectivity index (χ0n) is 29.0. The highest BCUT2D eigenvalue weighted by Crippen LogP contribution is 2.72. The summed E-state index contributed by atoms with van der Waals surface area (Å²) < 4.78 is 34.2. The molecule has 284 valence electrons. The van der Waals surface area contributed by atoms with E-state index in [4.69, 9.17) is 28.4 Å². The normalized spacial score (nSPS) is 47.7. The van der Waals surface area contributed by atoms with E-state index in [0.29, 0.717) is 0 Å². The van der Waals surface area contributed by atoms with E-state index in [9.17, 15) is 54.9 Å². The number of aliphatic hydroxyl groups is 7. The van der Waals surface area contributed by atoms with Gasteiger partial charge in [0.15, 0.2) is 11.5 Å². The Hall–Kier alpha value is -3.00. The van der Waals surface area contributed by atoms with Crippen LogP contribution in [0.1, 0.15) is 41.0 Å². The smallest absolute Gasteiger partial charge is 0.348 e. The Morgan fingerprint density at radius 3 is 2.33 bits per heavy atom. The van der Waals surface area contributed by atoms with E-state index in [1.54, 1.807) is 13.8 Å². The average Bonchev–Trinajstić information content (AvgIpc) is 3.37. The fraction of sp³-hybridized carbons (Fsp3) is 0.765. The summed E-state index contributed by atoms with van der Waals surface area (Å²) in [5.41, 5.74) is -6.49. The Kier molecular flexibility index (Phi) is 9.29. The quantitative estimate of drug-likeness (QED) is 0.0804. The lowest BCUT2D eigenvalue weighted by molar-refractivity contribution is -0.296. The van der Waals surface area contributed by atoms with E-state index in [0.717, 1.165) is 13.2 Å². The van der Waals surface area contributed by atoms with Crippen molar-refractivity contribution in [3.63, 3.8) is 0 Å². The Morgan fingerprint density at radius 1 is 1.06 bits per heavy atom. The number of fused-ring (bicyclic) bond motifs is 2. The molecule has 7 N–H and O–H groups in total. The first-order chi connectivity index (χ1) is 23.7. The minimum Gasteiger partial charge on any atom is -0.467 e. The van der Waals surface area contributed by atoms with Gasteiger partial charge >= 0.3 is 17.9 Å². The molecule has 3 heterocycles. The van der Waals surface area contributed by atoms with Crippen LogP contribution in [0.25, 0.3) is 0 Å². The van der Waals surface area contributed by atoms with Crippen molar-refractivity contribution in [1.29, 1.82) is 0 Å². The molecule has 5 fully saturated rings. The molecular formula is C34H46O17. The van der Waals surface area contributed by atoms with Crippen LogP contribution in [-0.2, 0) is 47.6 Å². The van der Waals surface area contributed by atoms with Crippen molar-refractivity contribution in [2.75, 3.05) is 20.3 Å². The first-order valence-corrected chi connectivity index (χ1v) is 16.9. The van der Waals surface area contributed by atoms with Crippen LogP contribution in [0.3, 0.4) is 0 Å². The van der Waals surface area contributed by atoms with Crippen molar-refractivity contribution >= 4 is 23.7 Å². The number of methoxy groups -OCH3 is 1. The number of hydrogen-bond acceptors (Lipinski definition) is 17. The van der Waals surface area contributed by atoms with Gasteiger partial charge in [-0.3, -0.25) is 4.79 Å². The summed E-state index contributed by atoms with van der Waals surface area (Å²) >= 11 is 0. The number of ether oxygens (including phenoxy) is 6. The van der Waals surface area contributed by atoms with Gasteiger partial charge in [0, 0.05) is 23.3 Å². The van der Waals surface area contributed by atoms with Crippen molar-refractivity contribution in [3.8, 4) is 0 Å². The zero-order chi connectivity index (χ0) is 37.7. The number of carbonyl (C=O) groups excluding carboxylic acids is 4. The van der Waals surface area contributed by atoms with Crippen molar-refractivity contribution in [1.82, 2.24) is 0 Å². The molecule has 0 aromatic carbocycles. The molecule has 16 atom stereocenters. The van der Waals surface area contributed by atoms with E-state index in [1.807, 2.05) is 0 Å². The maximum Gasteiger partial charge on any atom is 0.348 e. The van der Waals surface area contributed by atoms with Crippen LogP contribution in [0.2, 0.25) is 0 Å². The summed E-state index contributed by atoms with van der Waals surface area (Å²) in [4.78, 5) is 54.5. The molecule has 6 rings (SSSR count). The fourth-order valence-electron chi connectivity index (χ4n) is 9.69. The third kappa shape index (κ3) is 5.22. The zero-order valence-corrected chi connectivity index (χ0v) is 29.0. The van der Waals surface area contributed by atoms with Crippen molar-refractivity contribution in [2.24, 2.45) is 34.5 Å². The van der Waals surface area contributed by atoms with Crippen LogP contribution in [0.15, 0.2) is 23.5 Å². The van der Waals surface area contributed by atoms with Crippen molar-refractivity contribution in [3.05, 3.63) is 23.5 Å². The number of esters is 3. The summed E-state index contributed by atoms with van der Waals surface area (Å²) in [5.74, 6) is -8.35. The van der Waals surface area contributed by atoms with E-state index in [1.165, 1.54) is 26.8 Å². The molecule has 0 radical (unpaired) electrons. The van der Waals surface area contributed by atoms with Gasteiger partial charge in [0.05, 0.1) is 37.9 Å². The molecule has 51 heavy (non-hydrogen) atoms. The Labute approximate surface area is 292 Å². The predicted octanol–water partition coefficient (Wildman–Crippen LogP) is -2.62. The number of ketones is 1. The molecule has 0 amide bonds. The lowest BCUT2D eigenvalue weighted by Gasteiger charge is -2.67. The minimum absolute atomic E-state index is 0.00772. The van der Waals surface area contributed by atoms with Crippen LogP contribution in [0.5, 0.6) is 0 Å². The van der Waals surface area contributed by atoms with Gasteiger partial charge in [0.2, 0.25) is 18.0 Å². The Balaban J connectivity index is 1.47. The molecular weight excluding hydrogens is 680 g/mol. The second-order valence-electron chi connectivity index (χ2n) is 15.4. The summed E-state index contributed by atoms with van der Waals surface area (Å²) in [6, 6.07) is 0. The SMILES string of the molecule is COC(=O)[C@@]12OC[C@]34[C@H]([C@@H](O)[C@@H]1O)[C@@]1(C)C=C(O[C@@H]5O[C@H](CO)[C@@H](O)[C@H](O)[C@H]5O)C(=O)[C@@H](C)[C@@H]1C[C@H]3OC(=O)[C@H](OC(=O)/C=C(\C)C(C)(C)O)[C@@H]24. The van der Waals surface area contributed by atoms with Gasteiger partial charge < -0.3 is 64.2 Å². The topological polar surface area (TPSA) is 265 Å². The molecule has 3 saturated heterocycles. The summed E-state index contributed by atoms with van der Waals surface area (Å²) in [7, 11) is 1.03. The minimum atomic E-state index is -2.40. The third-order valence-electron chi connectivity index (χ3n) is 12.5. The number of aliphatic hydroxyl groups excluding tert-OH is 6. The highest BCUT2D eigenvalue weighted by Gasteiger charge is 2.85. The van der Waals surface area contributed by atoms with Gasteiger partial charge in [-0.25, -0.2) is 14.4 Å². The Morgan fingerprint density at radius 2 is 1.73 bits per heavy atom. The molecule has 6 aliphatic rings. The van der Waals surface area contributed by atoms with E-state index >= 15 is 0 Å². The lowest BCUT2D eigenvalue weighted by Crippen LogP contribution is -2.79. The first kappa shape index (κ1) is 37.7. The molecule has 3 aliphatic heterocycles. The monoisotopic (exact) mass is 726 g/mol. The van der Waals surface area contributed by atoms with Gasteiger partial charge in [-0.2, -0.15) is 0 Å². The number of allylic oxidation sites excluding steroid dienone is 2. The van der Waals surface area contributed by atoms with E-state index in [-0.39, 0.29) is 24.4 Å². The van der Waals surface area contributed by atoms with Gasteiger partial charge in [-0.1, -0.05) is 13.8 Å². The maximum absolute atomic E-state index is 13.8. The maximum atomic E-state index is 13.8. The fourth-order valence-corrected chi connectivity index (χ4v) is 9.69. The van der Waals surface area contributed by atoms with Crippen LogP contribution >= 0.6 is 0 Å². The lowest BCUT2D eigenvalue weighted by atomic mass is 9.38. The van der Waals surface area contributed by atoms with Crippen LogP contribution in [0.4, 0.5) is 0 Å². The third-order valence-corrected chi connectivity index (χ3v) is 12.5. The van der Waals surface area contributed by atoms with Gasteiger partial charge in [0.1, 0.15) is 36.6 Å². The van der Waals surface area contributed by atoms with Crippen molar-refractivity contribution in [2.45, 2.75) is 107 Å². The largest absolute Gasteiger partial charge is 0.467 e. The number of rotatable bonds is 7. The number of carbonyl (C=O) groups is 4. The molecule has 17 heteroatoms. The Bertz CT molecular complexity index is 1530. The molecule has 2 bridgehead atoms. The van der Waals surface area contributed by atoms with Gasteiger partial charge in [0.25, 0.3) is 0 Å². The standard InChI is InChI=1S/C34H46O17/c1-12(31(3,4)45)7-18(36)51-24-26-33-11-47-34(26,30(44)46-6)27(42)23(41)25(33)32(5)9-15(19(37)13(2)14(32)8-17(33)50-28(24)43)48-29-22(40)21(39)20(38)16(10-35)49-29/h7,9,13-14,16-17,20-27,29,35,38-42,45H,8,10-11H2,1-6H3/b12-7+/t13-,14-,16+,17+,20+,21-,22+,23+,24+,25+,26+,27-,29+,32-,33+,34-/m0/s1. The number of Topliss-reactive ketones (excluding diaryl/α,β-unsaturated/α-hetero) is 1. The first-order valence-electron chi connectivity index (χ1n) is 16.9. The summed E-state index contributed by atoms with van der Waals surface area (Å²) in [5, 5.41) is 75.2. The van der Waals surface area contributed by atoms with Crippen molar-refractivity contribution < 1.29 is 83.3 Å². The molecule has 3 aliphatic carbocycles. The molecule has 0 aromatic rings. The highest BCUT2D eigenvalue weighted by atomic mass is 16.7. The average molecular weight is 727 g/mol. The number of hydrogen-bond donors (Lipinski definition) is 7. The predicted molar refractivity (Wildman–Crippen MR) is 165 cm³/mol. The highest BCUT2D eigenvalue weighted by molar-refractivity contribution is 5.97. The molecule has 2 saturated carbocycles. The van der Waals surface area contributed by atoms with Crippen LogP contribution in [0, 0.1) is 34.5 Å². The van der Waals surface area contributed by atoms with Crippen LogP contribution in [-0.4, -0.2) is 146 Å². The second-order valence-corrected chi connectivity index (χ2v) is 15.4. The summed E-state index contributed by atoms with van der Waals surface area (Å²) in [6.07, 6.45) is -12.8. The molecule has 0 unspecified atom stereocenters.